The van der Waals surface area contributed by atoms with Crippen LogP contribution in [0.25, 0.3) is 0 Å². The minimum absolute atomic E-state index is 0.0222. The molecule has 3 nitrogen and oxygen atoms in total. The van der Waals surface area contributed by atoms with Crippen molar-refractivity contribution in [1.29, 1.82) is 0 Å². The van der Waals surface area contributed by atoms with Crippen LogP contribution in [0.2, 0.25) is 0 Å². The van der Waals surface area contributed by atoms with E-state index in [0.717, 1.165) is 10.9 Å². The smallest absolute Gasteiger partial charge is 0.257 e. The summed E-state index contributed by atoms with van der Waals surface area (Å²) in [7, 11) is 0. The zero-order chi connectivity index (χ0) is 11.5. The largest absolute Gasteiger partial charge is 0.507 e. The minimum atomic E-state index is -0.116. The van der Waals surface area contributed by atoms with Crippen molar-refractivity contribution in [1.82, 2.24) is 4.90 Å². The number of phenolic OH excluding ortho intramolecular Hbond substituents is 1. The highest BCUT2D eigenvalue weighted by Crippen LogP contribution is 2.24. The molecule has 1 aliphatic heterocycles. The van der Waals surface area contributed by atoms with E-state index in [1.807, 2.05) is 6.08 Å². The van der Waals surface area contributed by atoms with E-state index in [1.165, 1.54) is 6.07 Å². The van der Waals surface area contributed by atoms with Gasteiger partial charge < -0.3 is 10.0 Å². The fraction of sp³-hybridized carbons (Fsp3) is 0.250. The predicted molar refractivity (Wildman–Crippen MR) is 65.5 cm³/mol. The highest BCUT2D eigenvalue weighted by molar-refractivity contribution is 9.10. The van der Waals surface area contributed by atoms with Gasteiger partial charge in [0, 0.05) is 17.6 Å². The number of hydrogen-bond acceptors (Lipinski definition) is 2. The number of carbonyl (C=O) groups is 1. The maximum Gasteiger partial charge on any atom is 0.257 e. The quantitative estimate of drug-likeness (QED) is 0.804. The minimum Gasteiger partial charge on any atom is -0.507 e. The first kappa shape index (κ1) is 11.2. The molecule has 2 rings (SSSR count). The zero-order valence-electron chi connectivity index (χ0n) is 8.69. The summed E-state index contributed by atoms with van der Waals surface area (Å²) in [6.07, 6.45) is 4.91. The van der Waals surface area contributed by atoms with E-state index < -0.39 is 0 Å². The van der Waals surface area contributed by atoms with Gasteiger partial charge in [0.25, 0.3) is 5.91 Å². The first-order valence-corrected chi connectivity index (χ1v) is 5.90. The van der Waals surface area contributed by atoms with E-state index in [4.69, 9.17) is 0 Å². The molecule has 84 valence electrons. The van der Waals surface area contributed by atoms with E-state index in [-0.39, 0.29) is 11.7 Å². The molecule has 0 atom stereocenters. The molecule has 4 heteroatoms. The Kier molecular flexibility index (Phi) is 3.29. The Morgan fingerprint density at radius 3 is 2.81 bits per heavy atom. The number of carbonyl (C=O) groups excluding carboxylic acids is 1. The molecule has 1 aliphatic rings. The van der Waals surface area contributed by atoms with Crippen LogP contribution in [0.5, 0.6) is 5.75 Å². The van der Waals surface area contributed by atoms with Crippen LogP contribution in [-0.2, 0) is 0 Å². The molecule has 0 saturated heterocycles. The highest BCUT2D eigenvalue weighted by Gasteiger charge is 2.18. The molecule has 1 N–H and O–H groups in total. The number of benzene rings is 1. The van der Waals surface area contributed by atoms with Crippen LogP contribution >= 0.6 is 15.9 Å². The molecule has 16 heavy (non-hydrogen) atoms. The van der Waals surface area contributed by atoms with E-state index in [2.05, 4.69) is 22.0 Å². The van der Waals surface area contributed by atoms with Gasteiger partial charge in [-0.25, -0.2) is 0 Å². The Morgan fingerprint density at radius 1 is 1.38 bits per heavy atom. The summed E-state index contributed by atoms with van der Waals surface area (Å²) in [5.74, 6) is -0.0942. The van der Waals surface area contributed by atoms with Crippen LogP contribution in [0.4, 0.5) is 0 Å². The fourth-order valence-corrected chi connectivity index (χ4v) is 2.03. The Hall–Kier alpha value is -1.29. The molecule has 0 fully saturated rings. The van der Waals surface area contributed by atoms with Gasteiger partial charge in [-0.15, -0.1) is 0 Å². The molecule has 0 aromatic heterocycles. The molecular weight excluding hydrogens is 270 g/mol. The third kappa shape index (κ3) is 2.27. The van der Waals surface area contributed by atoms with E-state index in [9.17, 15) is 9.90 Å². The van der Waals surface area contributed by atoms with Crippen molar-refractivity contribution < 1.29 is 9.90 Å². The van der Waals surface area contributed by atoms with Crippen molar-refractivity contribution in [3.8, 4) is 5.75 Å². The number of halogens is 1. The molecule has 1 heterocycles. The number of nitrogens with zero attached hydrogens (tertiary/aromatic N) is 1. The van der Waals surface area contributed by atoms with Gasteiger partial charge >= 0.3 is 0 Å². The van der Waals surface area contributed by atoms with Crippen molar-refractivity contribution in [2.24, 2.45) is 0 Å². The lowest BCUT2D eigenvalue weighted by atomic mass is 10.1. The van der Waals surface area contributed by atoms with Crippen LogP contribution in [0.1, 0.15) is 16.8 Å². The van der Waals surface area contributed by atoms with Crippen molar-refractivity contribution in [2.75, 3.05) is 13.1 Å². The van der Waals surface area contributed by atoms with Crippen LogP contribution in [0.3, 0.4) is 0 Å². The first-order valence-electron chi connectivity index (χ1n) is 5.11. The maximum atomic E-state index is 12.0. The second kappa shape index (κ2) is 4.70. The fourth-order valence-electron chi connectivity index (χ4n) is 1.68. The molecule has 0 radical (unpaired) electrons. The van der Waals surface area contributed by atoms with Crippen LogP contribution in [-0.4, -0.2) is 29.0 Å². The topological polar surface area (TPSA) is 40.5 Å². The summed E-state index contributed by atoms with van der Waals surface area (Å²) in [6, 6.07) is 4.93. The molecule has 0 saturated carbocycles. The van der Waals surface area contributed by atoms with Gasteiger partial charge in [-0.3, -0.25) is 4.79 Å². The summed E-state index contributed by atoms with van der Waals surface area (Å²) in [5, 5.41) is 9.70. The third-order valence-electron chi connectivity index (χ3n) is 2.54. The van der Waals surface area contributed by atoms with E-state index in [0.29, 0.717) is 18.7 Å². The second-order valence-corrected chi connectivity index (χ2v) is 4.59. The van der Waals surface area contributed by atoms with Gasteiger partial charge in [0.2, 0.25) is 0 Å². The van der Waals surface area contributed by atoms with Crippen molar-refractivity contribution in [3.63, 3.8) is 0 Å². The lowest BCUT2D eigenvalue weighted by Crippen LogP contribution is -2.33. The van der Waals surface area contributed by atoms with E-state index >= 15 is 0 Å². The summed E-state index contributed by atoms with van der Waals surface area (Å²) in [6.45, 7) is 1.33. The molecule has 0 aliphatic carbocycles. The lowest BCUT2D eigenvalue weighted by molar-refractivity contribution is 0.0768. The third-order valence-corrected chi connectivity index (χ3v) is 3.03. The highest BCUT2D eigenvalue weighted by atomic mass is 79.9. The normalized spacial score (nSPS) is 15.2. The van der Waals surface area contributed by atoms with Gasteiger partial charge in [-0.2, -0.15) is 0 Å². The van der Waals surface area contributed by atoms with Crippen LogP contribution in [0, 0.1) is 0 Å². The molecule has 1 aromatic rings. The Balaban J connectivity index is 2.23. The van der Waals surface area contributed by atoms with Gasteiger partial charge in [0.05, 0.1) is 5.56 Å². The van der Waals surface area contributed by atoms with Crippen molar-refractivity contribution >= 4 is 21.8 Å². The molecular formula is C12H12BrNO2. The standard InChI is InChI=1S/C12H12BrNO2/c13-9-4-5-10(11(15)8-9)12(16)14-6-2-1-3-7-14/h1-2,4-5,8,15H,3,6-7H2. The molecule has 0 spiro atoms. The summed E-state index contributed by atoms with van der Waals surface area (Å²) >= 11 is 3.25. The molecule has 1 amide bonds. The van der Waals surface area contributed by atoms with Gasteiger partial charge in [0.1, 0.15) is 5.75 Å². The predicted octanol–water partition coefficient (Wildman–Crippen LogP) is 2.56. The summed E-state index contributed by atoms with van der Waals surface area (Å²) < 4.78 is 0.764. The molecule has 1 aromatic carbocycles. The monoisotopic (exact) mass is 281 g/mol. The van der Waals surface area contributed by atoms with Gasteiger partial charge in [-0.1, -0.05) is 28.1 Å². The lowest BCUT2D eigenvalue weighted by Gasteiger charge is -2.23. The van der Waals surface area contributed by atoms with Crippen molar-refractivity contribution in [2.45, 2.75) is 6.42 Å². The summed E-state index contributed by atoms with van der Waals surface area (Å²) in [5.41, 5.74) is 0.360. The van der Waals surface area contributed by atoms with Gasteiger partial charge in [-0.05, 0) is 24.6 Å². The number of hydrogen-bond donors (Lipinski definition) is 1. The molecule has 0 bridgehead atoms. The number of amides is 1. The van der Waals surface area contributed by atoms with E-state index in [1.54, 1.807) is 17.0 Å². The number of phenols is 1. The van der Waals surface area contributed by atoms with Crippen LogP contribution < -0.4 is 0 Å². The average molecular weight is 282 g/mol. The average Bonchev–Trinajstić information content (AvgIpc) is 2.29. The van der Waals surface area contributed by atoms with Crippen LogP contribution in [0.15, 0.2) is 34.8 Å². The maximum absolute atomic E-state index is 12.0. The number of aromatic hydroxyl groups is 1. The first-order chi connectivity index (χ1) is 7.68. The zero-order valence-corrected chi connectivity index (χ0v) is 10.3. The Morgan fingerprint density at radius 2 is 2.19 bits per heavy atom. The second-order valence-electron chi connectivity index (χ2n) is 3.67. The SMILES string of the molecule is O=C(c1ccc(Br)cc1O)N1CC=CCC1. The number of rotatable bonds is 1. The summed E-state index contributed by atoms with van der Waals surface area (Å²) in [4.78, 5) is 13.8. The Bertz CT molecular complexity index is 443. The van der Waals surface area contributed by atoms with Crippen molar-refractivity contribution in [3.05, 3.63) is 40.4 Å². The van der Waals surface area contributed by atoms with Gasteiger partial charge in [0.15, 0.2) is 0 Å². The Labute approximate surface area is 103 Å². The molecule has 0 unspecified atom stereocenters.